The highest BCUT2D eigenvalue weighted by molar-refractivity contribution is 5.37. The van der Waals surface area contributed by atoms with Gasteiger partial charge in [-0.2, -0.15) is 0 Å². The van der Waals surface area contributed by atoms with E-state index in [0.29, 0.717) is 0 Å². The second-order valence-corrected chi connectivity index (χ2v) is 5.34. The maximum Gasteiger partial charge on any atom is 0.123 e. The minimum atomic E-state index is 0.785. The molecule has 21 heavy (non-hydrogen) atoms. The molecule has 0 saturated carbocycles. The number of pyridine rings is 1. The molecule has 2 rings (SSSR count). The number of rotatable bonds is 7. The van der Waals surface area contributed by atoms with Gasteiger partial charge in [-0.05, 0) is 43.4 Å². The highest BCUT2D eigenvalue weighted by Gasteiger charge is 2.05. The SMILES string of the molecule is COc1cc(CN(C)C)ccc1CNCc1ccncc1. The largest absolute Gasteiger partial charge is 0.496 e. The van der Waals surface area contributed by atoms with Crippen LogP contribution in [0.2, 0.25) is 0 Å². The molecule has 4 nitrogen and oxygen atoms in total. The van der Waals surface area contributed by atoms with Crippen LogP contribution in [0.1, 0.15) is 16.7 Å². The van der Waals surface area contributed by atoms with Crippen molar-refractivity contribution in [3.63, 3.8) is 0 Å². The van der Waals surface area contributed by atoms with Crippen molar-refractivity contribution < 1.29 is 4.74 Å². The molecule has 0 saturated heterocycles. The molecule has 0 radical (unpaired) electrons. The highest BCUT2D eigenvalue weighted by atomic mass is 16.5. The maximum atomic E-state index is 5.50. The first-order valence-electron chi connectivity index (χ1n) is 7.09. The van der Waals surface area contributed by atoms with Gasteiger partial charge in [0.15, 0.2) is 0 Å². The van der Waals surface area contributed by atoms with E-state index in [9.17, 15) is 0 Å². The minimum absolute atomic E-state index is 0.785. The first-order chi connectivity index (χ1) is 10.2. The smallest absolute Gasteiger partial charge is 0.123 e. The highest BCUT2D eigenvalue weighted by Crippen LogP contribution is 2.21. The molecule has 0 aliphatic heterocycles. The molecule has 1 heterocycles. The van der Waals surface area contributed by atoms with Crippen molar-refractivity contribution in [2.75, 3.05) is 21.2 Å². The van der Waals surface area contributed by atoms with Crippen LogP contribution in [0.25, 0.3) is 0 Å². The Morgan fingerprint density at radius 2 is 1.81 bits per heavy atom. The number of nitrogens with zero attached hydrogens (tertiary/aromatic N) is 2. The Balaban J connectivity index is 1.96. The summed E-state index contributed by atoms with van der Waals surface area (Å²) >= 11 is 0. The van der Waals surface area contributed by atoms with E-state index >= 15 is 0 Å². The molecule has 0 bridgehead atoms. The molecule has 0 spiro atoms. The number of hydrogen-bond acceptors (Lipinski definition) is 4. The van der Waals surface area contributed by atoms with Gasteiger partial charge in [0.25, 0.3) is 0 Å². The van der Waals surface area contributed by atoms with Crippen LogP contribution in [0.3, 0.4) is 0 Å². The fraction of sp³-hybridized carbons (Fsp3) is 0.353. The van der Waals surface area contributed by atoms with Gasteiger partial charge in [0.2, 0.25) is 0 Å². The first-order valence-corrected chi connectivity index (χ1v) is 7.09. The summed E-state index contributed by atoms with van der Waals surface area (Å²) in [5.74, 6) is 0.941. The van der Waals surface area contributed by atoms with Crippen LogP contribution in [0.4, 0.5) is 0 Å². The summed E-state index contributed by atoms with van der Waals surface area (Å²) < 4.78 is 5.50. The van der Waals surface area contributed by atoms with Gasteiger partial charge < -0.3 is 15.0 Å². The van der Waals surface area contributed by atoms with E-state index in [1.165, 1.54) is 16.7 Å². The fourth-order valence-electron chi connectivity index (χ4n) is 2.24. The molecule has 0 aliphatic rings. The molecule has 0 amide bonds. The number of ether oxygens (including phenoxy) is 1. The van der Waals surface area contributed by atoms with Gasteiger partial charge in [-0.1, -0.05) is 12.1 Å². The number of hydrogen-bond donors (Lipinski definition) is 1. The summed E-state index contributed by atoms with van der Waals surface area (Å²) in [7, 11) is 5.86. The van der Waals surface area contributed by atoms with E-state index in [1.54, 1.807) is 7.11 Å². The first kappa shape index (κ1) is 15.5. The van der Waals surface area contributed by atoms with E-state index in [-0.39, 0.29) is 0 Å². The fourth-order valence-corrected chi connectivity index (χ4v) is 2.24. The number of aromatic nitrogens is 1. The van der Waals surface area contributed by atoms with Crippen LogP contribution in [-0.2, 0) is 19.6 Å². The average molecular weight is 285 g/mol. The Bertz CT molecular complexity index is 555. The van der Waals surface area contributed by atoms with Crippen molar-refractivity contribution >= 4 is 0 Å². The van der Waals surface area contributed by atoms with Crippen LogP contribution < -0.4 is 10.1 Å². The number of benzene rings is 1. The molecule has 0 fully saturated rings. The predicted molar refractivity (Wildman–Crippen MR) is 85.2 cm³/mol. The zero-order chi connectivity index (χ0) is 15.1. The Morgan fingerprint density at radius 1 is 1.05 bits per heavy atom. The molecule has 0 unspecified atom stereocenters. The summed E-state index contributed by atoms with van der Waals surface area (Å²) in [4.78, 5) is 6.17. The monoisotopic (exact) mass is 285 g/mol. The molecule has 4 heteroatoms. The molecule has 0 atom stereocenters. The molecule has 1 aromatic carbocycles. The van der Waals surface area contributed by atoms with Gasteiger partial charge in [-0.15, -0.1) is 0 Å². The molecule has 0 aliphatic carbocycles. The average Bonchev–Trinajstić information content (AvgIpc) is 2.49. The van der Waals surface area contributed by atoms with E-state index in [4.69, 9.17) is 4.74 Å². The van der Waals surface area contributed by atoms with Crippen molar-refractivity contribution in [3.05, 3.63) is 59.4 Å². The van der Waals surface area contributed by atoms with Gasteiger partial charge >= 0.3 is 0 Å². The van der Waals surface area contributed by atoms with Crippen LogP contribution in [0.5, 0.6) is 5.75 Å². The Morgan fingerprint density at radius 3 is 2.48 bits per heavy atom. The zero-order valence-corrected chi connectivity index (χ0v) is 13.0. The summed E-state index contributed by atoms with van der Waals surface area (Å²) in [6.45, 7) is 2.53. The van der Waals surface area contributed by atoms with Crippen molar-refractivity contribution in [3.8, 4) is 5.75 Å². The van der Waals surface area contributed by atoms with Crippen LogP contribution in [0, 0.1) is 0 Å². The summed E-state index contributed by atoms with van der Waals surface area (Å²) in [6.07, 6.45) is 3.63. The number of nitrogens with one attached hydrogen (secondary N) is 1. The number of methoxy groups -OCH3 is 1. The molecule has 2 aromatic rings. The van der Waals surface area contributed by atoms with Crippen LogP contribution in [-0.4, -0.2) is 31.1 Å². The van der Waals surface area contributed by atoms with Gasteiger partial charge in [-0.25, -0.2) is 0 Å². The van der Waals surface area contributed by atoms with E-state index < -0.39 is 0 Å². The van der Waals surface area contributed by atoms with E-state index in [2.05, 4.69) is 47.5 Å². The third-order valence-electron chi connectivity index (χ3n) is 3.24. The molecule has 1 aromatic heterocycles. The summed E-state index contributed by atoms with van der Waals surface area (Å²) in [6, 6.07) is 10.4. The Hall–Kier alpha value is -1.91. The van der Waals surface area contributed by atoms with E-state index in [0.717, 1.165) is 25.4 Å². The predicted octanol–water partition coefficient (Wildman–Crippen LogP) is 2.44. The second kappa shape index (κ2) is 7.76. The van der Waals surface area contributed by atoms with Gasteiger partial charge in [0.05, 0.1) is 7.11 Å². The summed E-state index contributed by atoms with van der Waals surface area (Å²) in [5.41, 5.74) is 3.66. The Kier molecular flexibility index (Phi) is 5.72. The third kappa shape index (κ3) is 4.85. The van der Waals surface area contributed by atoms with Gasteiger partial charge in [0, 0.05) is 37.6 Å². The maximum absolute atomic E-state index is 5.50. The lowest BCUT2D eigenvalue weighted by Crippen LogP contribution is -2.14. The lowest BCUT2D eigenvalue weighted by Gasteiger charge is -2.14. The standard InChI is InChI=1S/C17H23N3O/c1-20(2)13-15-4-5-16(17(10-15)21-3)12-19-11-14-6-8-18-9-7-14/h4-10,19H,11-13H2,1-3H3. The van der Waals surface area contributed by atoms with E-state index in [1.807, 2.05) is 24.5 Å². The normalized spacial score (nSPS) is 10.9. The van der Waals surface area contributed by atoms with Crippen molar-refractivity contribution in [2.24, 2.45) is 0 Å². The van der Waals surface area contributed by atoms with Crippen LogP contribution in [0.15, 0.2) is 42.7 Å². The van der Waals surface area contributed by atoms with Crippen molar-refractivity contribution in [1.82, 2.24) is 15.2 Å². The zero-order valence-electron chi connectivity index (χ0n) is 13.0. The molecule has 112 valence electrons. The lowest BCUT2D eigenvalue weighted by molar-refractivity contribution is 0.392. The molecular weight excluding hydrogens is 262 g/mol. The van der Waals surface area contributed by atoms with Gasteiger partial charge in [0.1, 0.15) is 5.75 Å². The van der Waals surface area contributed by atoms with Crippen LogP contribution >= 0.6 is 0 Å². The van der Waals surface area contributed by atoms with Gasteiger partial charge in [-0.3, -0.25) is 4.98 Å². The van der Waals surface area contributed by atoms with Crippen molar-refractivity contribution in [1.29, 1.82) is 0 Å². The third-order valence-corrected chi connectivity index (χ3v) is 3.24. The topological polar surface area (TPSA) is 37.4 Å². The Labute approximate surface area is 126 Å². The molecular formula is C17H23N3O. The summed E-state index contributed by atoms with van der Waals surface area (Å²) in [5, 5.41) is 3.43. The van der Waals surface area contributed by atoms with Crippen molar-refractivity contribution in [2.45, 2.75) is 19.6 Å². The lowest BCUT2D eigenvalue weighted by atomic mass is 10.1. The second-order valence-electron chi connectivity index (χ2n) is 5.34. The quantitative estimate of drug-likeness (QED) is 0.848. The minimum Gasteiger partial charge on any atom is -0.496 e. The molecule has 1 N–H and O–H groups in total.